The minimum atomic E-state index is -2.89. The number of hydrogen-bond donors (Lipinski definition) is 0. The summed E-state index contributed by atoms with van der Waals surface area (Å²) in [6.07, 6.45) is 0. The van der Waals surface area contributed by atoms with Crippen LogP contribution in [-0.4, -0.2) is 14.0 Å². The fourth-order valence-electron chi connectivity index (χ4n) is 3.68. The summed E-state index contributed by atoms with van der Waals surface area (Å²) in [7, 11) is -2.89. The SMILES string of the molecule is C/C(=N\O[Si](c1ccccc1)(c1ccccc1)c1ccccc1)c1cccc(C#N)c1. The van der Waals surface area contributed by atoms with Crippen LogP contribution in [0.4, 0.5) is 0 Å². The quantitative estimate of drug-likeness (QED) is 0.206. The van der Waals surface area contributed by atoms with Crippen molar-refractivity contribution in [2.45, 2.75) is 6.92 Å². The fourth-order valence-corrected chi connectivity index (χ4v) is 7.26. The van der Waals surface area contributed by atoms with E-state index in [4.69, 9.17) is 4.53 Å². The zero-order chi connectivity index (χ0) is 21.5. The molecule has 0 bridgehead atoms. The molecule has 0 saturated heterocycles. The van der Waals surface area contributed by atoms with Gasteiger partial charge in [0.25, 0.3) is 0 Å². The van der Waals surface area contributed by atoms with Gasteiger partial charge in [-0.25, -0.2) is 0 Å². The van der Waals surface area contributed by atoms with Crippen LogP contribution in [0.1, 0.15) is 18.1 Å². The van der Waals surface area contributed by atoms with Gasteiger partial charge in [0, 0.05) is 5.56 Å². The number of rotatable bonds is 6. The topological polar surface area (TPSA) is 45.4 Å². The summed E-state index contributed by atoms with van der Waals surface area (Å²) in [6, 6.07) is 40.6. The molecule has 0 fully saturated rings. The maximum Gasteiger partial charge on any atom is 0.380 e. The van der Waals surface area contributed by atoms with Crippen LogP contribution in [-0.2, 0) is 4.53 Å². The largest absolute Gasteiger partial charge is 0.438 e. The van der Waals surface area contributed by atoms with Crippen LogP contribution >= 0.6 is 0 Å². The van der Waals surface area contributed by atoms with E-state index in [1.165, 1.54) is 0 Å². The number of nitrogens with zero attached hydrogens (tertiary/aromatic N) is 2. The highest BCUT2D eigenvalue weighted by molar-refractivity contribution is 7.07. The molecule has 4 heteroatoms. The molecule has 0 N–H and O–H groups in total. The molecule has 0 aromatic heterocycles. The van der Waals surface area contributed by atoms with Crippen LogP contribution in [0.5, 0.6) is 0 Å². The first-order valence-corrected chi connectivity index (χ1v) is 12.0. The lowest BCUT2D eigenvalue weighted by Gasteiger charge is -2.30. The molecule has 0 aliphatic carbocycles. The average Bonchev–Trinajstić information content (AvgIpc) is 2.86. The standard InChI is InChI=1S/C27H22N2OSi/c1-22(24-13-11-12-23(20-24)21-28)29-30-31(25-14-5-2-6-15-25,26-16-7-3-8-17-26)27-18-9-4-10-19-27/h2-20H,1H3/b29-22+. The molecule has 0 aliphatic heterocycles. The van der Waals surface area contributed by atoms with E-state index < -0.39 is 8.32 Å². The summed E-state index contributed by atoms with van der Waals surface area (Å²) in [5.41, 5.74) is 2.21. The van der Waals surface area contributed by atoms with Crippen molar-refractivity contribution in [2.24, 2.45) is 5.16 Å². The maximum atomic E-state index is 9.23. The number of nitriles is 1. The molecule has 4 aromatic rings. The first-order valence-electron chi connectivity index (χ1n) is 10.1. The number of benzene rings is 4. The molecule has 0 aliphatic rings. The third-order valence-electron chi connectivity index (χ3n) is 5.27. The van der Waals surface area contributed by atoms with E-state index in [2.05, 4.69) is 47.6 Å². The monoisotopic (exact) mass is 418 g/mol. The molecule has 3 nitrogen and oxygen atoms in total. The van der Waals surface area contributed by atoms with Crippen LogP contribution in [0.2, 0.25) is 0 Å². The molecule has 150 valence electrons. The van der Waals surface area contributed by atoms with Crippen molar-refractivity contribution in [2.75, 3.05) is 0 Å². The van der Waals surface area contributed by atoms with E-state index in [1.54, 1.807) is 6.07 Å². The van der Waals surface area contributed by atoms with E-state index >= 15 is 0 Å². The lowest BCUT2D eigenvalue weighted by molar-refractivity contribution is 0.349. The van der Waals surface area contributed by atoms with Crippen molar-refractivity contribution in [3.05, 3.63) is 126 Å². The molecule has 0 radical (unpaired) electrons. The maximum absolute atomic E-state index is 9.23. The third kappa shape index (κ3) is 4.18. The Balaban J connectivity index is 1.89. The van der Waals surface area contributed by atoms with E-state index in [9.17, 15) is 5.26 Å². The summed E-state index contributed by atoms with van der Waals surface area (Å²) >= 11 is 0. The number of oxime groups is 1. The van der Waals surface area contributed by atoms with E-state index in [0.717, 1.165) is 26.8 Å². The first-order chi connectivity index (χ1) is 15.2. The summed E-state index contributed by atoms with van der Waals surface area (Å²) in [6.45, 7) is 1.91. The number of hydrogen-bond acceptors (Lipinski definition) is 3. The lowest BCUT2D eigenvalue weighted by atomic mass is 10.1. The Kier molecular flexibility index (Phi) is 6.07. The van der Waals surface area contributed by atoms with Crippen LogP contribution in [0, 0.1) is 11.3 Å². The lowest BCUT2D eigenvalue weighted by Crippen LogP contribution is -2.68. The van der Waals surface area contributed by atoms with Crippen molar-refractivity contribution in [1.82, 2.24) is 0 Å². The van der Waals surface area contributed by atoms with Crippen molar-refractivity contribution in [1.29, 1.82) is 5.26 Å². The smallest absolute Gasteiger partial charge is 0.380 e. The summed E-state index contributed by atoms with van der Waals surface area (Å²) in [4.78, 5) is 0. The van der Waals surface area contributed by atoms with Gasteiger partial charge in [-0.05, 0) is 34.6 Å². The predicted molar refractivity (Wildman–Crippen MR) is 128 cm³/mol. The van der Waals surface area contributed by atoms with Crippen molar-refractivity contribution in [3.63, 3.8) is 0 Å². The van der Waals surface area contributed by atoms with Crippen LogP contribution < -0.4 is 15.6 Å². The minimum Gasteiger partial charge on any atom is -0.438 e. The molecular weight excluding hydrogens is 396 g/mol. The minimum absolute atomic E-state index is 0.602. The molecule has 4 rings (SSSR count). The molecule has 0 atom stereocenters. The van der Waals surface area contributed by atoms with Gasteiger partial charge < -0.3 is 4.53 Å². The Morgan fingerprint density at radius 2 is 1.19 bits per heavy atom. The van der Waals surface area contributed by atoms with Crippen molar-refractivity contribution >= 4 is 29.6 Å². The van der Waals surface area contributed by atoms with Gasteiger partial charge in [-0.15, -0.1) is 5.16 Å². The molecule has 0 saturated carbocycles. The Hall–Kier alpha value is -3.94. The first kappa shape index (κ1) is 20.3. The highest BCUT2D eigenvalue weighted by Crippen LogP contribution is 2.12. The highest BCUT2D eigenvalue weighted by atomic mass is 28.4. The summed E-state index contributed by atoms with van der Waals surface area (Å²) in [5, 5.41) is 17.2. The van der Waals surface area contributed by atoms with Crippen LogP contribution in [0.3, 0.4) is 0 Å². The molecule has 31 heavy (non-hydrogen) atoms. The van der Waals surface area contributed by atoms with Gasteiger partial charge in [-0.1, -0.05) is 103 Å². The van der Waals surface area contributed by atoms with Crippen molar-refractivity contribution < 1.29 is 4.53 Å². The van der Waals surface area contributed by atoms with Gasteiger partial charge in [0.1, 0.15) is 0 Å². The summed E-state index contributed by atoms with van der Waals surface area (Å²) < 4.78 is 6.62. The predicted octanol–water partition coefficient (Wildman–Crippen LogP) is 3.97. The molecule has 4 aromatic carbocycles. The Morgan fingerprint density at radius 1 is 0.710 bits per heavy atom. The second-order valence-electron chi connectivity index (χ2n) is 7.24. The normalized spacial score (nSPS) is 11.5. The molecule has 0 amide bonds. The Bertz CT molecular complexity index is 1120. The fraction of sp³-hybridized carbons (Fsp3) is 0.0370. The second kappa shape index (κ2) is 9.25. The van der Waals surface area contributed by atoms with Gasteiger partial charge in [-0.2, -0.15) is 5.26 Å². The van der Waals surface area contributed by atoms with Crippen LogP contribution in [0.15, 0.2) is 120 Å². The molecule has 0 heterocycles. The second-order valence-corrected chi connectivity index (χ2v) is 10.5. The Labute approximate surface area is 184 Å². The molecule has 0 spiro atoms. The highest BCUT2D eigenvalue weighted by Gasteiger charge is 2.44. The van der Waals surface area contributed by atoms with Crippen LogP contribution in [0.25, 0.3) is 0 Å². The Morgan fingerprint density at radius 3 is 1.65 bits per heavy atom. The van der Waals surface area contributed by atoms with E-state index in [-0.39, 0.29) is 0 Å². The van der Waals surface area contributed by atoms with Gasteiger partial charge in [0.2, 0.25) is 0 Å². The van der Waals surface area contributed by atoms with E-state index in [1.807, 2.05) is 79.7 Å². The zero-order valence-corrected chi connectivity index (χ0v) is 18.3. The van der Waals surface area contributed by atoms with Crippen molar-refractivity contribution in [3.8, 4) is 6.07 Å². The van der Waals surface area contributed by atoms with Gasteiger partial charge >= 0.3 is 8.32 Å². The van der Waals surface area contributed by atoms with E-state index in [0.29, 0.717) is 5.56 Å². The molecule has 0 unspecified atom stereocenters. The molecular formula is C27H22N2OSi. The zero-order valence-electron chi connectivity index (χ0n) is 17.3. The summed E-state index contributed by atoms with van der Waals surface area (Å²) in [5.74, 6) is 0. The van der Waals surface area contributed by atoms with Gasteiger partial charge in [-0.3, -0.25) is 0 Å². The van der Waals surface area contributed by atoms with Gasteiger partial charge in [0.15, 0.2) is 0 Å². The third-order valence-corrected chi connectivity index (χ3v) is 9.07. The average molecular weight is 419 g/mol. The van der Waals surface area contributed by atoms with Gasteiger partial charge in [0.05, 0.1) is 17.3 Å².